The maximum atomic E-state index is 9.11. The molecule has 1 aliphatic heterocycles. The van der Waals surface area contributed by atoms with Crippen LogP contribution in [0.25, 0.3) is 22.2 Å². The van der Waals surface area contributed by atoms with E-state index in [1.807, 2.05) is 24.4 Å². The maximum absolute atomic E-state index is 9.11. The molecule has 1 saturated heterocycles. The Labute approximate surface area is 146 Å². The summed E-state index contributed by atoms with van der Waals surface area (Å²) < 4.78 is 5.52. The average Bonchev–Trinajstić information content (AvgIpc) is 3.12. The van der Waals surface area contributed by atoms with Crippen LogP contribution in [0.4, 0.5) is 0 Å². The molecule has 4 rings (SSSR count). The van der Waals surface area contributed by atoms with E-state index in [1.54, 1.807) is 13.2 Å². The highest BCUT2D eigenvalue weighted by Gasteiger charge is 2.19. The minimum absolute atomic E-state index is 0.499. The maximum Gasteiger partial charge on any atom is 0.138 e. The lowest BCUT2D eigenvalue weighted by Crippen LogP contribution is -2.28. The van der Waals surface area contributed by atoms with Crippen molar-refractivity contribution in [2.45, 2.75) is 18.8 Å². The highest BCUT2D eigenvalue weighted by Crippen LogP contribution is 2.36. The number of pyridine rings is 1. The van der Waals surface area contributed by atoms with Crippen LogP contribution in [0.2, 0.25) is 0 Å². The summed E-state index contributed by atoms with van der Waals surface area (Å²) in [6.45, 7) is 2.10. The normalized spacial score (nSPS) is 17.4. The molecular weight excluding hydrogens is 312 g/mol. The van der Waals surface area contributed by atoms with Crippen LogP contribution >= 0.6 is 0 Å². The summed E-state index contributed by atoms with van der Waals surface area (Å²) in [5.74, 6) is 1.20. The molecule has 0 unspecified atom stereocenters. The molecule has 0 amide bonds. The lowest BCUT2D eigenvalue weighted by molar-refractivity contribution is 0.416. The van der Waals surface area contributed by atoms with Crippen molar-refractivity contribution in [3.8, 4) is 22.9 Å². The average molecular weight is 332 g/mol. The predicted molar refractivity (Wildman–Crippen MR) is 97.6 cm³/mol. The molecule has 2 N–H and O–H groups in total. The molecule has 3 heterocycles. The van der Waals surface area contributed by atoms with Crippen LogP contribution in [0, 0.1) is 11.3 Å². The molecule has 1 aliphatic rings. The smallest absolute Gasteiger partial charge is 0.138 e. The van der Waals surface area contributed by atoms with Crippen LogP contribution in [0.15, 0.2) is 36.5 Å². The first-order chi connectivity index (χ1) is 12.3. The Balaban J connectivity index is 1.83. The van der Waals surface area contributed by atoms with E-state index in [4.69, 9.17) is 10.00 Å². The van der Waals surface area contributed by atoms with E-state index < -0.39 is 0 Å². The van der Waals surface area contributed by atoms with E-state index in [-0.39, 0.29) is 0 Å². The second-order valence-electron chi connectivity index (χ2n) is 6.42. The number of fused-ring (bicyclic) bond motifs is 1. The number of hydrogen-bond acceptors (Lipinski definition) is 4. The van der Waals surface area contributed by atoms with Gasteiger partial charge in [-0.3, -0.25) is 0 Å². The van der Waals surface area contributed by atoms with Crippen molar-refractivity contribution in [2.24, 2.45) is 0 Å². The van der Waals surface area contributed by atoms with Crippen molar-refractivity contribution >= 4 is 11.0 Å². The molecule has 5 nitrogen and oxygen atoms in total. The SMILES string of the molecule is COc1cc(C#N)ccc1-c1ccnc2[nH]c([C@@H]3CCCNC3)cc12. The molecule has 1 atom stereocenters. The van der Waals surface area contributed by atoms with Gasteiger partial charge in [-0.2, -0.15) is 5.26 Å². The summed E-state index contributed by atoms with van der Waals surface area (Å²) >= 11 is 0. The first-order valence-corrected chi connectivity index (χ1v) is 8.57. The molecule has 1 fully saturated rings. The fourth-order valence-corrected chi connectivity index (χ4v) is 3.60. The van der Waals surface area contributed by atoms with Crippen molar-refractivity contribution in [3.63, 3.8) is 0 Å². The summed E-state index contributed by atoms with van der Waals surface area (Å²) in [6, 6.07) is 11.9. The highest BCUT2D eigenvalue weighted by atomic mass is 16.5. The molecule has 2 aromatic heterocycles. The third-order valence-electron chi connectivity index (χ3n) is 4.91. The molecule has 0 radical (unpaired) electrons. The highest BCUT2D eigenvalue weighted by molar-refractivity contribution is 5.95. The minimum Gasteiger partial charge on any atom is -0.496 e. The van der Waals surface area contributed by atoms with Crippen molar-refractivity contribution in [1.29, 1.82) is 5.26 Å². The van der Waals surface area contributed by atoms with Gasteiger partial charge in [-0.1, -0.05) is 0 Å². The number of piperidine rings is 1. The van der Waals surface area contributed by atoms with Crippen molar-refractivity contribution in [1.82, 2.24) is 15.3 Å². The lowest BCUT2D eigenvalue weighted by Gasteiger charge is -2.21. The second-order valence-corrected chi connectivity index (χ2v) is 6.42. The molecule has 25 heavy (non-hydrogen) atoms. The standard InChI is InChI=1S/C20H20N4O/c1-25-19-9-13(11-21)4-5-16(19)15-6-8-23-20-17(15)10-18(24-20)14-3-2-7-22-12-14/h4-6,8-10,14,22H,2-3,7,12H2,1H3,(H,23,24)/t14-/m1/s1. The Morgan fingerprint density at radius 2 is 2.16 bits per heavy atom. The van der Waals surface area contributed by atoms with Crippen molar-refractivity contribution in [3.05, 3.63) is 47.8 Å². The molecule has 126 valence electrons. The first kappa shape index (κ1) is 15.7. The van der Waals surface area contributed by atoms with E-state index in [0.717, 1.165) is 35.2 Å². The summed E-state index contributed by atoms with van der Waals surface area (Å²) in [5, 5.41) is 13.7. The largest absolute Gasteiger partial charge is 0.496 e. The fourth-order valence-electron chi connectivity index (χ4n) is 3.60. The van der Waals surface area contributed by atoms with Gasteiger partial charge in [0.25, 0.3) is 0 Å². The Hall–Kier alpha value is -2.84. The number of benzene rings is 1. The van der Waals surface area contributed by atoms with Crippen LogP contribution in [-0.2, 0) is 0 Å². The number of hydrogen-bond donors (Lipinski definition) is 2. The molecule has 3 aromatic rings. The van der Waals surface area contributed by atoms with Crippen molar-refractivity contribution < 1.29 is 4.74 Å². The second kappa shape index (κ2) is 6.58. The van der Waals surface area contributed by atoms with Gasteiger partial charge >= 0.3 is 0 Å². The number of ether oxygens (including phenoxy) is 1. The Bertz CT molecular complexity index is 948. The van der Waals surface area contributed by atoms with Crippen LogP contribution in [0.1, 0.15) is 30.0 Å². The number of nitrogens with one attached hydrogen (secondary N) is 2. The van der Waals surface area contributed by atoms with Gasteiger partial charge in [-0.05, 0) is 55.3 Å². The zero-order valence-electron chi connectivity index (χ0n) is 14.2. The summed E-state index contributed by atoms with van der Waals surface area (Å²) in [6.07, 6.45) is 4.20. The van der Waals surface area contributed by atoms with Crippen LogP contribution < -0.4 is 10.1 Å². The Morgan fingerprint density at radius 3 is 2.92 bits per heavy atom. The number of rotatable bonds is 3. The number of methoxy groups -OCH3 is 1. The van der Waals surface area contributed by atoms with Gasteiger partial charge in [0.1, 0.15) is 11.4 Å². The molecule has 0 bridgehead atoms. The molecule has 0 spiro atoms. The number of aromatic nitrogens is 2. The van der Waals surface area contributed by atoms with E-state index in [0.29, 0.717) is 17.2 Å². The monoisotopic (exact) mass is 332 g/mol. The third kappa shape index (κ3) is 2.86. The van der Waals surface area contributed by atoms with Crippen molar-refractivity contribution in [2.75, 3.05) is 20.2 Å². The number of H-pyrrole nitrogens is 1. The number of aromatic amines is 1. The molecular formula is C20H20N4O. The number of nitriles is 1. The summed E-state index contributed by atoms with van der Waals surface area (Å²) in [7, 11) is 1.63. The Morgan fingerprint density at radius 1 is 1.24 bits per heavy atom. The lowest BCUT2D eigenvalue weighted by atomic mass is 9.95. The Kier molecular flexibility index (Phi) is 4.12. The van der Waals surface area contributed by atoms with Crippen LogP contribution in [0.5, 0.6) is 5.75 Å². The van der Waals surface area contributed by atoms with E-state index in [2.05, 4.69) is 27.4 Å². The van der Waals surface area contributed by atoms with Gasteiger partial charge < -0.3 is 15.0 Å². The topological polar surface area (TPSA) is 73.7 Å². The first-order valence-electron chi connectivity index (χ1n) is 8.57. The number of nitrogens with zero attached hydrogens (tertiary/aromatic N) is 2. The zero-order chi connectivity index (χ0) is 17.2. The van der Waals surface area contributed by atoms with Gasteiger partial charge in [0, 0.05) is 35.3 Å². The predicted octanol–water partition coefficient (Wildman–Crippen LogP) is 3.58. The van der Waals surface area contributed by atoms with Gasteiger partial charge in [-0.15, -0.1) is 0 Å². The molecule has 1 aromatic carbocycles. The van der Waals surface area contributed by atoms with Crippen LogP contribution in [0.3, 0.4) is 0 Å². The quantitative estimate of drug-likeness (QED) is 0.769. The fraction of sp³-hybridized carbons (Fsp3) is 0.300. The van der Waals surface area contributed by atoms with Crippen LogP contribution in [-0.4, -0.2) is 30.2 Å². The van der Waals surface area contributed by atoms with E-state index >= 15 is 0 Å². The molecule has 0 saturated carbocycles. The van der Waals surface area contributed by atoms with E-state index in [1.165, 1.54) is 18.5 Å². The molecule has 0 aliphatic carbocycles. The summed E-state index contributed by atoms with van der Waals surface area (Å²) in [4.78, 5) is 7.99. The third-order valence-corrected chi connectivity index (χ3v) is 4.91. The van der Waals surface area contributed by atoms with Gasteiger partial charge in [0.05, 0.1) is 18.7 Å². The molecule has 5 heteroatoms. The van der Waals surface area contributed by atoms with Gasteiger partial charge in [0.15, 0.2) is 0 Å². The van der Waals surface area contributed by atoms with Gasteiger partial charge in [0.2, 0.25) is 0 Å². The zero-order valence-corrected chi connectivity index (χ0v) is 14.2. The van der Waals surface area contributed by atoms with Gasteiger partial charge in [-0.25, -0.2) is 4.98 Å². The summed E-state index contributed by atoms with van der Waals surface area (Å²) in [5.41, 5.74) is 4.76. The minimum atomic E-state index is 0.499. The van der Waals surface area contributed by atoms with E-state index in [9.17, 15) is 0 Å².